The molecule has 17 heavy (non-hydrogen) atoms. The third kappa shape index (κ3) is 3.56. The molecule has 1 aromatic rings. The average molecular weight is 255 g/mol. The van der Waals surface area contributed by atoms with Crippen LogP contribution in [-0.2, 0) is 4.79 Å². The van der Waals surface area contributed by atoms with Gasteiger partial charge in [0.05, 0.1) is 16.8 Å². The van der Waals surface area contributed by atoms with E-state index in [0.29, 0.717) is 17.7 Å². The van der Waals surface area contributed by atoms with Gasteiger partial charge in [-0.1, -0.05) is 19.9 Å². The summed E-state index contributed by atoms with van der Waals surface area (Å²) in [6.45, 7) is 3.78. The number of thiophene rings is 1. The first-order valence-corrected chi connectivity index (χ1v) is 6.49. The summed E-state index contributed by atoms with van der Waals surface area (Å²) in [6, 6.07) is 3.53. The number of hydrogen-bond donors (Lipinski definition) is 2. The zero-order valence-corrected chi connectivity index (χ0v) is 10.8. The molecule has 0 aliphatic carbocycles. The third-order valence-corrected chi connectivity index (χ3v) is 3.84. The van der Waals surface area contributed by atoms with Crippen molar-refractivity contribution >= 4 is 23.2 Å². The summed E-state index contributed by atoms with van der Waals surface area (Å²) < 4.78 is 0. The molecule has 0 atom stereocenters. The standard InChI is InChI=1S/C12H17NO3S/c1-3-12(4-2,8-10(14)15)13-11(16)9-6-5-7-17-9/h5-7H,3-4,8H2,1-2H3,(H,13,16)(H,14,15). The minimum atomic E-state index is -0.889. The van der Waals surface area contributed by atoms with Crippen LogP contribution in [0.4, 0.5) is 0 Å². The van der Waals surface area contributed by atoms with Crippen molar-refractivity contribution in [2.24, 2.45) is 0 Å². The van der Waals surface area contributed by atoms with Crippen LogP contribution in [0.15, 0.2) is 17.5 Å². The van der Waals surface area contributed by atoms with Crippen LogP contribution >= 0.6 is 11.3 Å². The van der Waals surface area contributed by atoms with Gasteiger partial charge in [0.15, 0.2) is 0 Å². The zero-order valence-electron chi connectivity index (χ0n) is 10.0. The van der Waals surface area contributed by atoms with Crippen LogP contribution in [0.2, 0.25) is 0 Å². The maximum Gasteiger partial charge on any atom is 0.305 e. The summed E-state index contributed by atoms with van der Waals surface area (Å²) in [4.78, 5) is 23.4. The lowest BCUT2D eigenvalue weighted by atomic mass is 9.89. The van der Waals surface area contributed by atoms with Crippen LogP contribution in [0.3, 0.4) is 0 Å². The van der Waals surface area contributed by atoms with Crippen LogP contribution < -0.4 is 5.32 Å². The molecule has 0 spiro atoms. The summed E-state index contributed by atoms with van der Waals surface area (Å²) >= 11 is 1.35. The lowest BCUT2D eigenvalue weighted by Gasteiger charge is -2.31. The number of nitrogens with one attached hydrogen (secondary N) is 1. The summed E-state index contributed by atoms with van der Waals surface area (Å²) in [5.41, 5.74) is -0.646. The number of amides is 1. The summed E-state index contributed by atoms with van der Waals surface area (Å²) in [5, 5.41) is 13.6. The molecule has 0 aliphatic rings. The molecule has 4 nitrogen and oxygen atoms in total. The fraction of sp³-hybridized carbons (Fsp3) is 0.500. The number of carboxylic acids is 1. The Morgan fingerprint density at radius 3 is 2.47 bits per heavy atom. The van der Waals surface area contributed by atoms with E-state index in [4.69, 9.17) is 5.11 Å². The van der Waals surface area contributed by atoms with Gasteiger partial charge >= 0.3 is 5.97 Å². The van der Waals surface area contributed by atoms with Crippen molar-refractivity contribution in [3.8, 4) is 0 Å². The number of carboxylic acid groups (broad SMARTS) is 1. The van der Waals surface area contributed by atoms with Gasteiger partial charge in [-0.25, -0.2) is 0 Å². The molecule has 1 rings (SSSR count). The maximum absolute atomic E-state index is 11.9. The predicted molar refractivity (Wildman–Crippen MR) is 67.4 cm³/mol. The largest absolute Gasteiger partial charge is 0.481 e. The van der Waals surface area contributed by atoms with E-state index in [9.17, 15) is 9.59 Å². The fourth-order valence-corrected chi connectivity index (χ4v) is 2.34. The molecule has 0 radical (unpaired) electrons. The summed E-state index contributed by atoms with van der Waals surface area (Å²) in [7, 11) is 0. The second kappa shape index (κ2) is 5.82. The molecule has 0 bridgehead atoms. The van der Waals surface area contributed by atoms with Gasteiger partial charge in [-0.05, 0) is 24.3 Å². The van der Waals surface area contributed by atoms with E-state index in [1.54, 1.807) is 12.1 Å². The van der Waals surface area contributed by atoms with Crippen LogP contribution in [0.25, 0.3) is 0 Å². The minimum Gasteiger partial charge on any atom is -0.481 e. The monoisotopic (exact) mass is 255 g/mol. The van der Waals surface area contributed by atoms with E-state index < -0.39 is 11.5 Å². The average Bonchev–Trinajstić information content (AvgIpc) is 2.80. The highest BCUT2D eigenvalue weighted by Crippen LogP contribution is 2.21. The lowest BCUT2D eigenvalue weighted by molar-refractivity contribution is -0.138. The summed E-state index contributed by atoms with van der Waals surface area (Å²) in [6.07, 6.45) is 1.16. The van der Waals surface area contributed by atoms with Gasteiger partial charge in [0.25, 0.3) is 5.91 Å². The first kappa shape index (κ1) is 13.7. The minimum absolute atomic E-state index is 0.0445. The Balaban J connectivity index is 2.79. The predicted octanol–water partition coefficient (Wildman–Crippen LogP) is 2.51. The lowest BCUT2D eigenvalue weighted by Crippen LogP contribution is -2.48. The molecule has 0 aliphatic heterocycles. The molecule has 0 unspecified atom stereocenters. The number of carbonyl (C=O) groups excluding carboxylic acids is 1. The zero-order chi connectivity index (χ0) is 12.9. The summed E-state index contributed by atoms with van der Waals surface area (Å²) in [5.74, 6) is -1.08. The Kier molecular flexibility index (Phi) is 4.69. The molecule has 1 amide bonds. The molecule has 2 N–H and O–H groups in total. The topological polar surface area (TPSA) is 66.4 Å². The Labute approximate surface area is 105 Å². The normalized spacial score (nSPS) is 11.2. The number of rotatable bonds is 6. The Morgan fingerprint density at radius 1 is 1.41 bits per heavy atom. The number of hydrogen-bond acceptors (Lipinski definition) is 3. The van der Waals surface area contributed by atoms with Crippen molar-refractivity contribution < 1.29 is 14.7 Å². The second-order valence-corrected chi connectivity index (χ2v) is 4.94. The number of carbonyl (C=O) groups is 2. The highest BCUT2D eigenvalue weighted by atomic mass is 32.1. The van der Waals surface area contributed by atoms with E-state index in [1.807, 2.05) is 19.2 Å². The van der Waals surface area contributed by atoms with Crippen LogP contribution in [-0.4, -0.2) is 22.5 Å². The Bertz CT molecular complexity index is 382. The molecule has 0 aromatic carbocycles. The third-order valence-electron chi connectivity index (χ3n) is 2.97. The van der Waals surface area contributed by atoms with Gasteiger partial charge in [-0.15, -0.1) is 11.3 Å². The molecular weight excluding hydrogens is 238 g/mol. The van der Waals surface area contributed by atoms with E-state index in [-0.39, 0.29) is 12.3 Å². The molecule has 5 heteroatoms. The van der Waals surface area contributed by atoms with Gasteiger partial charge < -0.3 is 10.4 Å². The van der Waals surface area contributed by atoms with Gasteiger partial charge in [0.2, 0.25) is 0 Å². The number of aliphatic carboxylic acids is 1. The van der Waals surface area contributed by atoms with Crippen LogP contribution in [0, 0.1) is 0 Å². The first-order chi connectivity index (χ1) is 8.03. The van der Waals surface area contributed by atoms with Crippen LogP contribution in [0.1, 0.15) is 42.8 Å². The Morgan fingerprint density at radius 2 is 2.06 bits per heavy atom. The fourth-order valence-electron chi connectivity index (χ4n) is 1.72. The second-order valence-electron chi connectivity index (χ2n) is 3.99. The molecule has 1 aromatic heterocycles. The van der Waals surface area contributed by atoms with Crippen molar-refractivity contribution in [2.75, 3.05) is 0 Å². The van der Waals surface area contributed by atoms with Crippen molar-refractivity contribution in [2.45, 2.75) is 38.6 Å². The van der Waals surface area contributed by atoms with Crippen molar-refractivity contribution in [3.63, 3.8) is 0 Å². The van der Waals surface area contributed by atoms with Gasteiger partial charge in [-0.3, -0.25) is 9.59 Å². The van der Waals surface area contributed by atoms with E-state index in [2.05, 4.69) is 5.32 Å². The van der Waals surface area contributed by atoms with Gasteiger partial charge in [0.1, 0.15) is 0 Å². The van der Waals surface area contributed by atoms with Crippen molar-refractivity contribution in [1.82, 2.24) is 5.32 Å². The highest BCUT2D eigenvalue weighted by molar-refractivity contribution is 7.12. The maximum atomic E-state index is 11.9. The molecule has 0 fully saturated rings. The quantitative estimate of drug-likeness (QED) is 0.820. The molecular formula is C12H17NO3S. The Hall–Kier alpha value is -1.36. The molecule has 0 saturated heterocycles. The van der Waals surface area contributed by atoms with Gasteiger partial charge in [0, 0.05) is 0 Å². The van der Waals surface area contributed by atoms with Crippen molar-refractivity contribution in [1.29, 1.82) is 0 Å². The van der Waals surface area contributed by atoms with Crippen LogP contribution in [0.5, 0.6) is 0 Å². The molecule has 1 heterocycles. The smallest absolute Gasteiger partial charge is 0.305 e. The highest BCUT2D eigenvalue weighted by Gasteiger charge is 2.31. The van der Waals surface area contributed by atoms with Gasteiger partial charge in [-0.2, -0.15) is 0 Å². The van der Waals surface area contributed by atoms with E-state index in [1.165, 1.54) is 11.3 Å². The molecule has 0 saturated carbocycles. The SMILES string of the molecule is CCC(CC)(CC(=O)O)NC(=O)c1cccs1. The van der Waals surface area contributed by atoms with E-state index >= 15 is 0 Å². The van der Waals surface area contributed by atoms with E-state index in [0.717, 1.165) is 0 Å². The van der Waals surface area contributed by atoms with Crippen molar-refractivity contribution in [3.05, 3.63) is 22.4 Å². The molecule has 94 valence electrons. The first-order valence-electron chi connectivity index (χ1n) is 5.61.